The van der Waals surface area contributed by atoms with Crippen molar-refractivity contribution in [2.75, 3.05) is 7.05 Å². The summed E-state index contributed by atoms with van der Waals surface area (Å²) in [4.78, 5) is 0.795. The lowest BCUT2D eigenvalue weighted by Crippen LogP contribution is -2.18. The highest BCUT2D eigenvalue weighted by Crippen LogP contribution is 2.36. The first-order valence-electron chi connectivity index (χ1n) is 5.82. The van der Waals surface area contributed by atoms with Crippen molar-refractivity contribution < 1.29 is 8.78 Å². The van der Waals surface area contributed by atoms with Crippen LogP contribution in [0.15, 0.2) is 17.5 Å². The Morgan fingerprint density at radius 3 is 2.37 bits per heavy atom. The smallest absolute Gasteiger partial charge is 0.128 e. The van der Waals surface area contributed by atoms with Crippen LogP contribution in [0.25, 0.3) is 0 Å². The predicted molar refractivity (Wildman–Crippen MR) is 76.1 cm³/mol. The van der Waals surface area contributed by atoms with E-state index in [1.807, 2.05) is 12.3 Å². The van der Waals surface area contributed by atoms with Crippen molar-refractivity contribution in [1.29, 1.82) is 0 Å². The van der Waals surface area contributed by atoms with Gasteiger partial charge in [0.25, 0.3) is 0 Å². The van der Waals surface area contributed by atoms with Gasteiger partial charge in [0.1, 0.15) is 11.6 Å². The van der Waals surface area contributed by atoms with E-state index in [1.165, 1.54) is 23.5 Å². The fraction of sp³-hybridized carbons (Fsp3) is 0.286. The van der Waals surface area contributed by atoms with Gasteiger partial charge in [0, 0.05) is 10.4 Å². The van der Waals surface area contributed by atoms with Gasteiger partial charge in [0.05, 0.1) is 11.1 Å². The van der Waals surface area contributed by atoms with Crippen LogP contribution in [0, 0.1) is 25.5 Å². The molecule has 0 spiro atoms. The molecule has 2 rings (SSSR count). The third-order valence-electron chi connectivity index (χ3n) is 3.07. The summed E-state index contributed by atoms with van der Waals surface area (Å²) in [7, 11) is 1.70. The Morgan fingerprint density at radius 1 is 1.16 bits per heavy atom. The molecule has 2 aromatic rings. The number of hydrogen-bond donors (Lipinski definition) is 1. The van der Waals surface area contributed by atoms with Crippen LogP contribution in [0.1, 0.15) is 27.6 Å². The highest BCUT2D eigenvalue weighted by Gasteiger charge is 2.22. The average Bonchev–Trinajstić information content (AvgIpc) is 2.68. The fourth-order valence-corrected chi connectivity index (χ4v) is 3.38. The summed E-state index contributed by atoms with van der Waals surface area (Å²) >= 11 is 7.65. The first kappa shape index (κ1) is 14.4. The van der Waals surface area contributed by atoms with E-state index in [4.69, 9.17) is 11.6 Å². The van der Waals surface area contributed by atoms with Crippen LogP contribution in [0.5, 0.6) is 0 Å². The van der Waals surface area contributed by atoms with E-state index in [9.17, 15) is 8.78 Å². The number of nitrogens with one attached hydrogen (secondary N) is 1. The van der Waals surface area contributed by atoms with E-state index in [2.05, 4.69) is 5.32 Å². The Bertz CT molecular complexity index is 610. The lowest BCUT2D eigenvalue weighted by Gasteiger charge is -2.17. The molecular formula is C14H14ClF2NS. The normalized spacial score (nSPS) is 12.7. The Labute approximate surface area is 120 Å². The quantitative estimate of drug-likeness (QED) is 0.873. The van der Waals surface area contributed by atoms with Crippen LogP contribution in [0.4, 0.5) is 8.78 Å². The summed E-state index contributed by atoms with van der Waals surface area (Å²) in [6.07, 6.45) is 0. The van der Waals surface area contributed by atoms with E-state index in [1.54, 1.807) is 14.0 Å². The summed E-state index contributed by atoms with van der Waals surface area (Å²) in [6, 6.07) is 2.00. The minimum atomic E-state index is -0.443. The first-order chi connectivity index (χ1) is 8.95. The lowest BCUT2D eigenvalue weighted by atomic mass is 10.0. The maximum absolute atomic E-state index is 14.0. The van der Waals surface area contributed by atoms with Gasteiger partial charge in [-0.15, -0.1) is 11.3 Å². The molecule has 1 unspecified atom stereocenters. The van der Waals surface area contributed by atoms with Gasteiger partial charge in [-0.25, -0.2) is 8.78 Å². The molecule has 1 aromatic carbocycles. The summed E-state index contributed by atoms with van der Waals surface area (Å²) in [6.45, 7) is 3.43. The molecule has 0 fully saturated rings. The molecule has 0 saturated carbocycles. The van der Waals surface area contributed by atoms with Crippen LogP contribution in [0.2, 0.25) is 5.02 Å². The molecule has 102 valence electrons. The van der Waals surface area contributed by atoms with Gasteiger partial charge >= 0.3 is 0 Å². The van der Waals surface area contributed by atoms with Gasteiger partial charge in [0.2, 0.25) is 0 Å². The zero-order valence-corrected chi connectivity index (χ0v) is 12.4. The highest BCUT2D eigenvalue weighted by molar-refractivity contribution is 7.10. The molecule has 1 nitrogen and oxygen atoms in total. The maximum atomic E-state index is 14.0. The van der Waals surface area contributed by atoms with E-state index < -0.39 is 17.7 Å². The molecule has 1 N–H and O–H groups in total. The molecule has 1 atom stereocenters. The predicted octanol–water partition coefficient (Wildman–Crippen LogP) is 4.61. The average molecular weight is 302 g/mol. The van der Waals surface area contributed by atoms with E-state index in [0.717, 1.165) is 10.4 Å². The van der Waals surface area contributed by atoms with Gasteiger partial charge in [-0.05, 0) is 49.5 Å². The number of hydrogen-bond acceptors (Lipinski definition) is 2. The zero-order chi connectivity index (χ0) is 14.2. The van der Waals surface area contributed by atoms with Gasteiger partial charge < -0.3 is 5.32 Å². The molecule has 0 aliphatic carbocycles. The van der Waals surface area contributed by atoms with Crippen molar-refractivity contribution in [3.8, 4) is 0 Å². The number of aryl methyl sites for hydroxylation is 2. The van der Waals surface area contributed by atoms with Crippen molar-refractivity contribution in [2.24, 2.45) is 0 Å². The molecule has 19 heavy (non-hydrogen) atoms. The Kier molecular flexibility index (Phi) is 4.23. The minimum Gasteiger partial charge on any atom is -0.309 e. The number of thiophene rings is 1. The Hall–Kier alpha value is -0.970. The third kappa shape index (κ3) is 2.66. The molecule has 0 bridgehead atoms. The summed E-state index contributed by atoms with van der Waals surface area (Å²) in [5.74, 6) is -0.846. The molecule has 0 aliphatic rings. The molecule has 0 aliphatic heterocycles. The van der Waals surface area contributed by atoms with Crippen LogP contribution in [-0.2, 0) is 0 Å². The second kappa shape index (κ2) is 5.57. The third-order valence-corrected chi connectivity index (χ3v) is 4.84. The largest absolute Gasteiger partial charge is 0.309 e. The fourth-order valence-electron chi connectivity index (χ4n) is 1.96. The van der Waals surface area contributed by atoms with Crippen LogP contribution >= 0.6 is 22.9 Å². The number of rotatable bonds is 3. The lowest BCUT2D eigenvalue weighted by molar-refractivity contribution is 0.556. The molecule has 0 saturated heterocycles. The SMILES string of the molecule is CNC(c1cc(F)c(C)cc1F)c1scc(C)c1Cl. The van der Waals surface area contributed by atoms with Crippen molar-refractivity contribution in [1.82, 2.24) is 5.32 Å². The van der Waals surface area contributed by atoms with Gasteiger partial charge in [-0.2, -0.15) is 0 Å². The van der Waals surface area contributed by atoms with Gasteiger partial charge in [-0.1, -0.05) is 11.6 Å². The second-order valence-electron chi connectivity index (χ2n) is 4.44. The molecule has 0 radical (unpaired) electrons. The van der Waals surface area contributed by atoms with Crippen molar-refractivity contribution >= 4 is 22.9 Å². The van der Waals surface area contributed by atoms with E-state index >= 15 is 0 Å². The standard InChI is InChI=1S/C14H14ClF2NS/c1-7-4-11(17)9(5-10(7)16)13(18-3)14-12(15)8(2)6-19-14/h4-6,13,18H,1-3H3. The first-order valence-corrected chi connectivity index (χ1v) is 7.07. The second-order valence-corrected chi connectivity index (χ2v) is 5.73. The van der Waals surface area contributed by atoms with Gasteiger partial charge in [-0.3, -0.25) is 0 Å². The molecule has 5 heteroatoms. The van der Waals surface area contributed by atoms with E-state index in [-0.39, 0.29) is 5.56 Å². The zero-order valence-electron chi connectivity index (χ0n) is 10.9. The van der Waals surface area contributed by atoms with Gasteiger partial charge in [0.15, 0.2) is 0 Å². The van der Waals surface area contributed by atoms with Crippen molar-refractivity contribution in [2.45, 2.75) is 19.9 Å². The number of benzene rings is 1. The maximum Gasteiger partial charge on any atom is 0.128 e. The summed E-state index contributed by atoms with van der Waals surface area (Å²) < 4.78 is 27.7. The topological polar surface area (TPSA) is 12.0 Å². The minimum absolute atomic E-state index is 0.273. The number of halogens is 3. The molecule has 1 aromatic heterocycles. The van der Waals surface area contributed by atoms with Crippen LogP contribution in [-0.4, -0.2) is 7.05 Å². The van der Waals surface area contributed by atoms with Crippen molar-refractivity contribution in [3.63, 3.8) is 0 Å². The van der Waals surface area contributed by atoms with Crippen LogP contribution < -0.4 is 5.32 Å². The molecule has 0 amide bonds. The summed E-state index contributed by atoms with van der Waals surface area (Å²) in [5.41, 5.74) is 1.51. The highest BCUT2D eigenvalue weighted by atomic mass is 35.5. The van der Waals surface area contributed by atoms with Crippen molar-refractivity contribution in [3.05, 3.63) is 55.7 Å². The molecule has 1 heterocycles. The van der Waals surface area contributed by atoms with E-state index in [0.29, 0.717) is 10.6 Å². The van der Waals surface area contributed by atoms with Crippen LogP contribution in [0.3, 0.4) is 0 Å². The monoisotopic (exact) mass is 301 g/mol. The molecular weight excluding hydrogens is 288 g/mol. The summed E-state index contributed by atoms with van der Waals surface area (Å²) in [5, 5.41) is 5.50. The Morgan fingerprint density at radius 2 is 1.84 bits per heavy atom. The Balaban J connectivity index is 2.54.